The third kappa shape index (κ3) is 5.44. The number of nitrogens with one attached hydrogen (secondary N) is 1. The quantitative estimate of drug-likeness (QED) is 0.911. The molecule has 23 heavy (non-hydrogen) atoms. The monoisotopic (exact) mass is 341 g/mol. The summed E-state index contributed by atoms with van der Waals surface area (Å²) in [5.41, 5.74) is 0.592. The Bertz CT molecular complexity index is 539. The Morgan fingerprint density at radius 2 is 2.22 bits per heavy atom. The van der Waals surface area contributed by atoms with Crippen LogP contribution in [0.5, 0.6) is 0 Å². The van der Waals surface area contributed by atoms with E-state index in [1.807, 2.05) is 34.6 Å². The molecule has 7 heteroatoms. The molecule has 2 rings (SSSR count). The molecule has 1 aromatic heterocycles. The van der Waals surface area contributed by atoms with Gasteiger partial charge in [-0.05, 0) is 34.6 Å². The van der Waals surface area contributed by atoms with Gasteiger partial charge < -0.3 is 14.8 Å². The van der Waals surface area contributed by atoms with Gasteiger partial charge in [0.25, 0.3) is 0 Å². The van der Waals surface area contributed by atoms with E-state index in [1.165, 1.54) is 4.88 Å². The lowest BCUT2D eigenvalue weighted by atomic mass is 10.2. The maximum absolute atomic E-state index is 12.3. The number of carbonyl (C=O) groups is 1. The van der Waals surface area contributed by atoms with Crippen molar-refractivity contribution in [1.29, 1.82) is 0 Å². The van der Waals surface area contributed by atoms with Gasteiger partial charge in [-0.15, -0.1) is 11.3 Å². The van der Waals surface area contributed by atoms with Gasteiger partial charge >= 0.3 is 6.09 Å². The van der Waals surface area contributed by atoms with Crippen LogP contribution < -0.4 is 5.32 Å². The number of aromatic nitrogens is 1. The highest BCUT2D eigenvalue weighted by Gasteiger charge is 2.30. The van der Waals surface area contributed by atoms with Crippen molar-refractivity contribution < 1.29 is 14.3 Å². The maximum atomic E-state index is 12.3. The van der Waals surface area contributed by atoms with Crippen LogP contribution in [-0.4, -0.2) is 53.9 Å². The van der Waals surface area contributed by atoms with Gasteiger partial charge in [-0.2, -0.15) is 0 Å². The van der Waals surface area contributed by atoms with E-state index in [0.717, 1.165) is 17.2 Å². The van der Waals surface area contributed by atoms with E-state index in [1.54, 1.807) is 16.2 Å². The summed E-state index contributed by atoms with van der Waals surface area (Å²) < 4.78 is 11.0. The zero-order valence-electron chi connectivity index (χ0n) is 14.6. The van der Waals surface area contributed by atoms with Gasteiger partial charge in [0.15, 0.2) is 0 Å². The van der Waals surface area contributed by atoms with E-state index in [2.05, 4.69) is 10.3 Å². The molecule has 0 saturated carbocycles. The fourth-order valence-electron chi connectivity index (χ4n) is 2.47. The Kier molecular flexibility index (Phi) is 6.00. The molecule has 1 atom stereocenters. The highest BCUT2D eigenvalue weighted by atomic mass is 32.1. The molecule has 6 nitrogen and oxygen atoms in total. The molecule has 1 aromatic rings. The van der Waals surface area contributed by atoms with Gasteiger partial charge in [0.1, 0.15) is 5.60 Å². The molecule has 0 spiro atoms. The fourth-order valence-corrected chi connectivity index (χ4v) is 3.38. The van der Waals surface area contributed by atoms with Crippen molar-refractivity contribution in [1.82, 2.24) is 15.2 Å². The van der Waals surface area contributed by atoms with Crippen LogP contribution in [0.4, 0.5) is 4.79 Å². The molecule has 1 fully saturated rings. The molecule has 2 heterocycles. The molecule has 0 aromatic carbocycles. The van der Waals surface area contributed by atoms with Crippen molar-refractivity contribution in [2.24, 2.45) is 0 Å². The van der Waals surface area contributed by atoms with Crippen LogP contribution in [-0.2, 0) is 16.0 Å². The number of rotatable bonds is 4. The largest absolute Gasteiger partial charge is 0.444 e. The number of thiazole rings is 1. The van der Waals surface area contributed by atoms with E-state index in [9.17, 15) is 4.79 Å². The lowest BCUT2D eigenvalue weighted by Gasteiger charge is -2.36. The van der Waals surface area contributed by atoms with E-state index < -0.39 is 5.60 Å². The van der Waals surface area contributed by atoms with Crippen molar-refractivity contribution in [3.05, 3.63) is 15.6 Å². The summed E-state index contributed by atoms with van der Waals surface area (Å²) in [5, 5.41) is 4.49. The van der Waals surface area contributed by atoms with E-state index >= 15 is 0 Å². The third-order valence-corrected chi connectivity index (χ3v) is 4.59. The second-order valence-corrected chi connectivity index (χ2v) is 8.06. The fraction of sp³-hybridized carbons (Fsp3) is 0.750. The molecule has 0 bridgehead atoms. The summed E-state index contributed by atoms with van der Waals surface area (Å²) in [6, 6.07) is -0.00655. The highest BCUT2D eigenvalue weighted by molar-refractivity contribution is 7.11. The minimum atomic E-state index is -0.482. The summed E-state index contributed by atoms with van der Waals surface area (Å²) in [4.78, 5) is 19.8. The van der Waals surface area contributed by atoms with E-state index in [0.29, 0.717) is 26.3 Å². The molecule has 1 aliphatic heterocycles. The van der Waals surface area contributed by atoms with Crippen LogP contribution in [0.3, 0.4) is 0 Å². The predicted molar refractivity (Wildman–Crippen MR) is 90.8 cm³/mol. The Morgan fingerprint density at radius 3 is 2.83 bits per heavy atom. The highest BCUT2D eigenvalue weighted by Crippen LogP contribution is 2.17. The minimum absolute atomic E-state index is 0.00655. The van der Waals surface area contributed by atoms with Gasteiger partial charge in [0, 0.05) is 24.5 Å². The number of hydrogen-bond donors (Lipinski definition) is 1. The van der Waals surface area contributed by atoms with E-state index in [-0.39, 0.29) is 12.1 Å². The number of aryl methyl sites for hydroxylation is 2. The van der Waals surface area contributed by atoms with Crippen LogP contribution in [0.15, 0.2) is 0 Å². The van der Waals surface area contributed by atoms with Crippen molar-refractivity contribution >= 4 is 17.4 Å². The second kappa shape index (κ2) is 7.59. The first-order valence-electron chi connectivity index (χ1n) is 7.97. The topological polar surface area (TPSA) is 63.7 Å². The Balaban J connectivity index is 1.88. The Hall–Kier alpha value is -1.18. The van der Waals surface area contributed by atoms with Crippen LogP contribution in [0, 0.1) is 13.8 Å². The van der Waals surface area contributed by atoms with Gasteiger partial charge in [-0.25, -0.2) is 9.78 Å². The molecule has 1 aliphatic rings. The standard InChI is InChI=1S/C16H27N3O3S/c1-11-14(23-12(2)18-11)9-17-8-13-10-21-7-6-19(13)15(20)22-16(3,4)5/h13,17H,6-10H2,1-5H3. The number of carbonyl (C=O) groups excluding carboxylic acids is 1. The molecule has 0 aliphatic carbocycles. The van der Waals surface area contributed by atoms with Crippen LogP contribution >= 0.6 is 11.3 Å². The smallest absolute Gasteiger partial charge is 0.410 e. The lowest BCUT2D eigenvalue weighted by molar-refractivity contribution is -0.0317. The molecular weight excluding hydrogens is 314 g/mol. The Morgan fingerprint density at radius 1 is 1.48 bits per heavy atom. The average molecular weight is 341 g/mol. The molecule has 1 N–H and O–H groups in total. The number of morpholine rings is 1. The summed E-state index contributed by atoms with van der Waals surface area (Å²) in [7, 11) is 0. The van der Waals surface area contributed by atoms with Crippen molar-refractivity contribution in [2.75, 3.05) is 26.3 Å². The molecule has 1 saturated heterocycles. The summed E-state index contributed by atoms with van der Waals surface area (Å²) in [5.74, 6) is 0. The van der Waals surface area contributed by atoms with Crippen molar-refractivity contribution in [3.8, 4) is 0 Å². The summed E-state index contributed by atoms with van der Waals surface area (Å²) in [6.07, 6.45) is -0.266. The molecular formula is C16H27N3O3S. The van der Waals surface area contributed by atoms with Crippen LogP contribution in [0.1, 0.15) is 36.3 Å². The Labute approximate surface area is 142 Å². The minimum Gasteiger partial charge on any atom is -0.444 e. The van der Waals surface area contributed by atoms with Gasteiger partial charge in [0.05, 0.1) is 30.0 Å². The first-order valence-corrected chi connectivity index (χ1v) is 8.79. The average Bonchev–Trinajstić information content (AvgIpc) is 2.75. The van der Waals surface area contributed by atoms with Crippen LogP contribution in [0.2, 0.25) is 0 Å². The lowest BCUT2D eigenvalue weighted by Crippen LogP contribution is -2.54. The van der Waals surface area contributed by atoms with Gasteiger partial charge in [-0.3, -0.25) is 4.90 Å². The predicted octanol–water partition coefficient (Wildman–Crippen LogP) is 2.49. The van der Waals surface area contributed by atoms with Gasteiger partial charge in [-0.1, -0.05) is 0 Å². The molecule has 1 unspecified atom stereocenters. The van der Waals surface area contributed by atoms with Crippen molar-refractivity contribution in [3.63, 3.8) is 0 Å². The molecule has 0 radical (unpaired) electrons. The molecule has 1 amide bonds. The number of amides is 1. The summed E-state index contributed by atoms with van der Waals surface area (Å²) in [6.45, 7) is 12.8. The van der Waals surface area contributed by atoms with Crippen LogP contribution in [0.25, 0.3) is 0 Å². The number of nitrogens with zero attached hydrogens (tertiary/aromatic N) is 2. The molecule has 130 valence electrons. The maximum Gasteiger partial charge on any atom is 0.410 e. The third-order valence-electron chi connectivity index (χ3n) is 3.52. The summed E-state index contributed by atoms with van der Waals surface area (Å²) >= 11 is 1.71. The number of ether oxygens (including phenoxy) is 2. The zero-order chi connectivity index (χ0) is 17.0. The zero-order valence-corrected chi connectivity index (χ0v) is 15.5. The normalized spacial score (nSPS) is 19.0. The first-order chi connectivity index (χ1) is 10.8. The van der Waals surface area contributed by atoms with E-state index in [4.69, 9.17) is 9.47 Å². The van der Waals surface area contributed by atoms with Crippen molar-refractivity contribution in [2.45, 2.75) is 52.8 Å². The first kappa shape index (κ1) is 18.2. The number of hydrogen-bond acceptors (Lipinski definition) is 6. The second-order valence-electron chi connectivity index (χ2n) is 6.77. The van der Waals surface area contributed by atoms with Gasteiger partial charge in [0.2, 0.25) is 0 Å². The SMILES string of the molecule is Cc1nc(C)c(CNCC2COCCN2C(=O)OC(C)(C)C)s1.